The normalized spacial score (nSPS) is 20.8. The van der Waals surface area contributed by atoms with Gasteiger partial charge in [-0.2, -0.15) is 0 Å². The maximum absolute atomic E-state index is 13.2. The number of rotatable bonds is 6. The molecular weight excluding hydrogens is 387 g/mol. The van der Waals surface area contributed by atoms with Gasteiger partial charge in [0.1, 0.15) is 18.0 Å². The first-order chi connectivity index (χ1) is 14.6. The Kier molecular flexibility index (Phi) is 6.06. The number of aliphatic hydroxyl groups excluding tert-OH is 1. The summed E-state index contributed by atoms with van der Waals surface area (Å²) in [5.41, 5.74) is 2.69. The van der Waals surface area contributed by atoms with E-state index >= 15 is 0 Å². The Morgan fingerprint density at radius 1 is 1.27 bits per heavy atom. The van der Waals surface area contributed by atoms with Gasteiger partial charge in [0.05, 0.1) is 12.4 Å². The summed E-state index contributed by atoms with van der Waals surface area (Å²) in [5.74, 6) is -0.364. The fraction of sp³-hybridized carbons (Fsp3) is 0.273. The molecule has 3 N–H and O–H groups in total. The van der Waals surface area contributed by atoms with Crippen molar-refractivity contribution in [2.24, 2.45) is 0 Å². The Morgan fingerprint density at radius 3 is 2.83 bits per heavy atom. The number of amides is 1. The van der Waals surface area contributed by atoms with Crippen molar-refractivity contribution in [1.29, 1.82) is 0 Å². The molecule has 4 rings (SSSR count). The zero-order valence-electron chi connectivity index (χ0n) is 16.2. The highest BCUT2D eigenvalue weighted by molar-refractivity contribution is 5.67. The third-order valence-corrected chi connectivity index (χ3v) is 5.13. The van der Waals surface area contributed by atoms with Crippen LogP contribution in [-0.2, 0) is 17.7 Å². The predicted molar refractivity (Wildman–Crippen MR) is 109 cm³/mol. The van der Waals surface area contributed by atoms with E-state index in [-0.39, 0.29) is 18.4 Å². The standard InChI is InChI=1S/C22H23FN4O3/c23-17-3-1-2-16(10-17)12-26-22(29)30-21-19(25-13-20(21)28)11-15-4-6-18(7-5-15)27-9-8-24-14-27/h1-10,14,19-21,25,28H,11-13H2,(H,26,29)/t19-,20+,21+/m1/s1. The van der Waals surface area contributed by atoms with E-state index < -0.39 is 18.3 Å². The topological polar surface area (TPSA) is 88.4 Å². The van der Waals surface area contributed by atoms with Crippen LogP contribution in [-0.4, -0.2) is 45.5 Å². The number of halogens is 1. The number of hydrogen-bond donors (Lipinski definition) is 3. The molecule has 156 valence electrons. The summed E-state index contributed by atoms with van der Waals surface area (Å²) in [5, 5.41) is 16.1. The van der Waals surface area contributed by atoms with E-state index in [2.05, 4.69) is 15.6 Å². The molecule has 30 heavy (non-hydrogen) atoms. The van der Waals surface area contributed by atoms with E-state index in [9.17, 15) is 14.3 Å². The van der Waals surface area contributed by atoms with Crippen LogP contribution < -0.4 is 10.6 Å². The third kappa shape index (κ3) is 4.84. The lowest BCUT2D eigenvalue weighted by Crippen LogP contribution is -2.41. The van der Waals surface area contributed by atoms with Crippen molar-refractivity contribution in [3.8, 4) is 5.69 Å². The summed E-state index contributed by atoms with van der Waals surface area (Å²) in [7, 11) is 0. The summed E-state index contributed by atoms with van der Waals surface area (Å²) in [6.07, 6.45) is 3.81. The average Bonchev–Trinajstić information content (AvgIpc) is 3.39. The zero-order valence-corrected chi connectivity index (χ0v) is 16.2. The number of hydrogen-bond acceptors (Lipinski definition) is 5. The van der Waals surface area contributed by atoms with Crippen molar-refractivity contribution in [2.75, 3.05) is 6.54 Å². The van der Waals surface area contributed by atoms with Crippen molar-refractivity contribution in [3.05, 3.63) is 84.2 Å². The first-order valence-corrected chi connectivity index (χ1v) is 9.76. The van der Waals surface area contributed by atoms with Gasteiger partial charge in [-0.15, -0.1) is 0 Å². The van der Waals surface area contributed by atoms with Crippen LogP contribution in [0.3, 0.4) is 0 Å². The van der Waals surface area contributed by atoms with Crippen molar-refractivity contribution in [3.63, 3.8) is 0 Å². The number of aromatic nitrogens is 2. The molecule has 0 radical (unpaired) electrons. The van der Waals surface area contributed by atoms with E-state index in [4.69, 9.17) is 4.74 Å². The van der Waals surface area contributed by atoms with Gasteiger partial charge >= 0.3 is 6.09 Å². The lowest BCUT2D eigenvalue weighted by Gasteiger charge is -2.22. The minimum Gasteiger partial charge on any atom is -0.442 e. The molecule has 0 spiro atoms. The highest BCUT2D eigenvalue weighted by Gasteiger charge is 2.37. The Morgan fingerprint density at radius 2 is 2.10 bits per heavy atom. The number of β-amino-alcohol motifs (C(OH)–C–C–N with tert-alkyl or cyclic N) is 1. The van der Waals surface area contributed by atoms with Crippen LogP contribution in [0.2, 0.25) is 0 Å². The van der Waals surface area contributed by atoms with Gasteiger partial charge in [0.15, 0.2) is 0 Å². The Labute approximate surface area is 173 Å². The maximum atomic E-state index is 13.2. The number of ether oxygens (including phenoxy) is 1. The number of imidazole rings is 1. The highest BCUT2D eigenvalue weighted by atomic mass is 19.1. The van der Waals surface area contributed by atoms with Gasteiger partial charge in [0.2, 0.25) is 0 Å². The highest BCUT2D eigenvalue weighted by Crippen LogP contribution is 2.19. The maximum Gasteiger partial charge on any atom is 0.407 e. The smallest absolute Gasteiger partial charge is 0.407 e. The number of carbonyl (C=O) groups is 1. The summed E-state index contributed by atoms with van der Waals surface area (Å²) in [6, 6.07) is 13.8. The predicted octanol–water partition coefficient (Wildman–Crippen LogP) is 2.18. The summed E-state index contributed by atoms with van der Waals surface area (Å²) in [6.45, 7) is 0.493. The molecule has 1 saturated heterocycles. The fourth-order valence-electron chi connectivity index (χ4n) is 3.58. The van der Waals surface area contributed by atoms with Crippen LogP contribution in [0.4, 0.5) is 9.18 Å². The van der Waals surface area contributed by atoms with Gasteiger partial charge in [0.25, 0.3) is 0 Å². The van der Waals surface area contributed by atoms with E-state index in [0.29, 0.717) is 18.5 Å². The number of carbonyl (C=O) groups excluding carboxylic acids is 1. The molecule has 0 bridgehead atoms. The number of nitrogens with zero attached hydrogens (tertiary/aromatic N) is 2. The lowest BCUT2D eigenvalue weighted by molar-refractivity contribution is 0.0188. The largest absolute Gasteiger partial charge is 0.442 e. The molecule has 0 unspecified atom stereocenters. The molecule has 1 aliphatic rings. The Bertz CT molecular complexity index is 978. The van der Waals surface area contributed by atoms with Gasteiger partial charge < -0.3 is 25.0 Å². The van der Waals surface area contributed by atoms with Crippen LogP contribution in [0.15, 0.2) is 67.3 Å². The lowest BCUT2D eigenvalue weighted by atomic mass is 10.0. The number of aliphatic hydroxyl groups is 1. The molecule has 7 nitrogen and oxygen atoms in total. The van der Waals surface area contributed by atoms with E-state index in [1.165, 1.54) is 12.1 Å². The summed E-state index contributed by atoms with van der Waals surface area (Å²) in [4.78, 5) is 16.2. The van der Waals surface area contributed by atoms with Crippen molar-refractivity contribution in [2.45, 2.75) is 31.2 Å². The molecule has 3 atom stereocenters. The van der Waals surface area contributed by atoms with E-state index in [1.807, 2.05) is 35.0 Å². The Balaban J connectivity index is 1.33. The minimum absolute atomic E-state index is 0.146. The van der Waals surface area contributed by atoms with Gasteiger partial charge in [0, 0.05) is 31.2 Å². The van der Waals surface area contributed by atoms with Gasteiger partial charge in [-0.25, -0.2) is 14.2 Å². The quantitative estimate of drug-likeness (QED) is 0.580. The summed E-state index contributed by atoms with van der Waals surface area (Å²) < 4.78 is 20.6. The van der Waals surface area contributed by atoms with Crippen LogP contribution >= 0.6 is 0 Å². The number of benzene rings is 2. The summed E-state index contributed by atoms with van der Waals surface area (Å²) >= 11 is 0. The fourth-order valence-corrected chi connectivity index (χ4v) is 3.58. The molecule has 0 aliphatic carbocycles. The second-order valence-electron chi connectivity index (χ2n) is 7.28. The SMILES string of the molecule is O=C(NCc1cccc(F)c1)O[C@@H]1[C@@H](O)CN[C@@H]1Cc1ccc(-n2ccnc2)cc1. The molecule has 8 heteroatoms. The van der Waals surface area contributed by atoms with Crippen LogP contribution in [0.5, 0.6) is 0 Å². The van der Waals surface area contributed by atoms with E-state index in [0.717, 1.165) is 11.3 Å². The van der Waals surface area contributed by atoms with Crippen LogP contribution in [0.1, 0.15) is 11.1 Å². The van der Waals surface area contributed by atoms with Crippen molar-refractivity contribution in [1.82, 2.24) is 20.2 Å². The van der Waals surface area contributed by atoms with Crippen LogP contribution in [0.25, 0.3) is 5.69 Å². The molecule has 1 aromatic heterocycles. The Hall–Kier alpha value is -3.23. The van der Waals surface area contributed by atoms with Gasteiger partial charge in [-0.3, -0.25) is 0 Å². The first-order valence-electron chi connectivity index (χ1n) is 9.76. The second-order valence-corrected chi connectivity index (χ2v) is 7.28. The molecule has 2 heterocycles. The minimum atomic E-state index is -0.792. The van der Waals surface area contributed by atoms with Crippen molar-refractivity contribution >= 4 is 6.09 Å². The second kappa shape index (κ2) is 9.06. The molecule has 1 aliphatic heterocycles. The monoisotopic (exact) mass is 410 g/mol. The molecule has 0 saturated carbocycles. The van der Waals surface area contributed by atoms with Crippen molar-refractivity contribution < 1.29 is 19.0 Å². The zero-order chi connectivity index (χ0) is 20.9. The van der Waals surface area contributed by atoms with Gasteiger partial charge in [-0.1, -0.05) is 24.3 Å². The molecule has 1 fully saturated rings. The molecule has 3 aromatic rings. The first kappa shape index (κ1) is 20.1. The number of alkyl carbamates (subject to hydrolysis) is 1. The average molecular weight is 410 g/mol. The van der Waals surface area contributed by atoms with Gasteiger partial charge in [-0.05, 0) is 41.8 Å². The van der Waals surface area contributed by atoms with Crippen LogP contribution in [0, 0.1) is 5.82 Å². The molecular formula is C22H23FN4O3. The molecule has 2 aromatic carbocycles. The number of nitrogens with one attached hydrogen (secondary N) is 2. The third-order valence-electron chi connectivity index (χ3n) is 5.13. The molecule has 1 amide bonds. The van der Waals surface area contributed by atoms with E-state index in [1.54, 1.807) is 24.7 Å².